The normalized spacial score (nSPS) is 28.1. The minimum absolute atomic E-state index is 0.0729. The molecule has 0 spiro atoms. The second-order valence-corrected chi connectivity index (χ2v) is 16.1. The van der Waals surface area contributed by atoms with Crippen LogP contribution in [-0.2, 0) is 22.2 Å². The van der Waals surface area contributed by atoms with Crippen LogP contribution >= 0.6 is 0 Å². The van der Waals surface area contributed by atoms with Crippen LogP contribution in [-0.4, -0.2) is 24.2 Å². The highest BCUT2D eigenvalue weighted by Crippen LogP contribution is 2.55. The van der Waals surface area contributed by atoms with E-state index in [0.717, 1.165) is 25.0 Å². The smallest absolute Gasteiger partial charge is 0.250 e. The summed E-state index contributed by atoms with van der Waals surface area (Å²) >= 11 is 0. The fourth-order valence-electron chi connectivity index (χ4n) is 5.55. The molecule has 1 aromatic carbocycles. The quantitative estimate of drug-likeness (QED) is 0.586. The molecule has 4 nitrogen and oxygen atoms in total. The van der Waals surface area contributed by atoms with Crippen LogP contribution in [0.3, 0.4) is 0 Å². The van der Waals surface area contributed by atoms with Gasteiger partial charge < -0.3 is 9.53 Å². The number of Topliss-reactive ketones (excluding diaryl/α,β-unsaturated/α-hetero) is 1. The van der Waals surface area contributed by atoms with Crippen LogP contribution in [0.25, 0.3) is 0 Å². The number of hydrogen-bond donors (Lipinski definition) is 1. The van der Waals surface area contributed by atoms with Crippen LogP contribution in [0.4, 0.5) is 0 Å². The predicted molar refractivity (Wildman–Crippen MR) is 130 cm³/mol. The maximum Gasteiger partial charge on any atom is 0.250 e. The summed E-state index contributed by atoms with van der Waals surface area (Å²) in [5.74, 6) is 1.15. The Morgan fingerprint density at radius 2 is 1.88 bits per heavy atom. The topological polar surface area (TPSA) is 59.4 Å². The molecule has 5 heteroatoms. The van der Waals surface area contributed by atoms with E-state index in [0.29, 0.717) is 18.4 Å². The fraction of sp³-hybridized carbons (Fsp3) is 0.556. The molecule has 1 heterocycles. The maximum absolute atomic E-state index is 13.4. The third kappa shape index (κ3) is 3.63. The number of aliphatic hydroxyl groups is 1. The molecule has 1 saturated carbocycles. The molecule has 0 aliphatic heterocycles. The number of ketones is 1. The van der Waals surface area contributed by atoms with Crippen molar-refractivity contribution in [2.45, 2.75) is 88.9 Å². The Morgan fingerprint density at radius 3 is 2.50 bits per heavy atom. The van der Waals surface area contributed by atoms with E-state index < -0.39 is 13.9 Å². The first-order valence-electron chi connectivity index (χ1n) is 11.9. The summed E-state index contributed by atoms with van der Waals surface area (Å²) in [6.45, 7) is 13.5. The van der Waals surface area contributed by atoms with E-state index in [1.807, 2.05) is 0 Å². The second-order valence-electron chi connectivity index (χ2n) is 11.3. The van der Waals surface area contributed by atoms with Crippen molar-refractivity contribution < 1.29 is 14.3 Å². The number of aromatic nitrogens is 1. The molecule has 2 aliphatic carbocycles. The number of pyridine rings is 1. The molecule has 32 heavy (non-hydrogen) atoms. The van der Waals surface area contributed by atoms with Gasteiger partial charge in [-0.1, -0.05) is 33.8 Å². The van der Waals surface area contributed by atoms with Crippen molar-refractivity contribution in [1.82, 2.24) is 4.98 Å². The van der Waals surface area contributed by atoms with E-state index in [2.05, 4.69) is 64.0 Å². The van der Waals surface area contributed by atoms with Crippen LogP contribution in [0.1, 0.15) is 70.1 Å². The summed E-state index contributed by atoms with van der Waals surface area (Å²) in [7, 11) is -1.91. The molecule has 172 valence electrons. The van der Waals surface area contributed by atoms with Gasteiger partial charge >= 0.3 is 0 Å². The number of rotatable bonds is 4. The molecule has 0 amide bonds. The van der Waals surface area contributed by atoms with Crippen molar-refractivity contribution in [3.63, 3.8) is 0 Å². The number of carbonyl (C=O) groups excluding carboxylic acids is 1. The molecule has 4 rings (SSSR count). The van der Waals surface area contributed by atoms with Crippen molar-refractivity contribution in [3.8, 4) is 5.75 Å². The first-order valence-corrected chi connectivity index (χ1v) is 14.8. The van der Waals surface area contributed by atoms with Crippen molar-refractivity contribution in [3.05, 3.63) is 59.4 Å². The van der Waals surface area contributed by atoms with Gasteiger partial charge in [-0.3, -0.25) is 9.78 Å². The van der Waals surface area contributed by atoms with Gasteiger partial charge in [0, 0.05) is 24.2 Å². The Hall–Kier alpha value is -1.98. The summed E-state index contributed by atoms with van der Waals surface area (Å²) in [5, 5.41) is 11.6. The third-order valence-corrected chi connectivity index (χ3v) is 13.0. The SMILES string of the molecule is CCC12CC(=O)C(O)(c3ccncc3)CC1CCc1cc(O[Si](C)(C)C(C)(C)C)ccc12. The van der Waals surface area contributed by atoms with E-state index in [9.17, 15) is 9.90 Å². The fourth-order valence-corrected chi connectivity index (χ4v) is 6.57. The lowest BCUT2D eigenvalue weighted by molar-refractivity contribution is -0.150. The minimum Gasteiger partial charge on any atom is -0.543 e. The average Bonchev–Trinajstić information content (AvgIpc) is 2.74. The highest BCUT2D eigenvalue weighted by atomic mass is 28.4. The van der Waals surface area contributed by atoms with Gasteiger partial charge in [-0.2, -0.15) is 0 Å². The Labute approximate surface area is 193 Å². The first-order chi connectivity index (χ1) is 14.9. The van der Waals surface area contributed by atoms with E-state index in [4.69, 9.17) is 4.43 Å². The summed E-state index contributed by atoms with van der Waals surface area (Å²) < 4.78 is 6.57. The minimum atomic E-state index is -1.91. The lowest BCUT2D eigenvalue weighted by Crippen LogP contribution is -2.54. The first kappa shape index (κ1) is 23.2. The zero-order chi connectivity index (χ0) is 23.4. The van der Waals surface area contributed by atoms with Gasteiger partial charge in [0.1, 0.15) is 11.4 Å². The van der Waals surface area contributed by atoms with Crippen molar-refractivity contribution in [1.29, 1.82) is 0 Å². The van der Waals surface area contributed by atoms with Gasteiger partial charge in [0.05, 0.1) is 0 Å². The van der Waals surface area contributed by atoms with Crippen LogP contribution in [0.5, 0.6) is 5.75 Å². The van der Waals surface area contributed by atoms with E-state index >= 15 is 0 Å². The van der Waals surface area contributed by atoms with Gasteiger partial charge in [-0.05, 0) is 90.7 Å². The van der Waals surface area contributed by atoms with E-state index in [1.165, 1.54) is 11.1 Å². The molecule has 3 atom stereocenters. The van der Waals surface area contributed by atoms with Crippen molar-refractivity contribution in [2.24, 2.45) is 5.92 Å². The standard InChI is InChI=1S/C27H37NO3Si/c1-7-26-18-24(29)27(30,20-12-14-28-15-13-20)17-21(26)9-8-19-16-22(10-11-23(19)26)31-32(5,6)25(2,3)4/h10-16,21,30H,7-9,17-18H2,1-6H3. The molecule has 0 saturated heterocycles. The zero-order valence-corrected chi connectivity index (χ0v) is 21.4. The van der Waals surface area contributed by atoms with Gasteiger partial charge in [0.2, 0.25) is 8.32 Å². The monoisotopic (exact) mass is 451 g/mol. The summed E-state index contributed by atoms with van der Waals surface area (Å²) in [6, 6.07) is 10.1. The Morgan fingerprint density at radius 1 is 1.19 bits per heavy atom. The molecule has 2 aliphatic rings. The lowest BCUT2D eigenvalue weighted by Gasteiger charge is -2.52. The largest absolute Gasteiger partial charge is 0.543 e. The number of nitrogens with zero attached hydrogens (tertiary/aromatic N) is 1. The average molecular weight is 452 g/mol. The zero-order valence-electron chi connectivity index (χ0n) is 20.4. The molecule has 2 aromatic rings. The van der Waals surface area contributed by atoms with E-state index in [-0.39, 0.29) is 22.2 Å². The van der Waals surface area contributed by atoms with Gasteiger partial charge in [-0.15, -0.1) is 0 Å². The van der Waals surface area contributed by atoms with Gasteiger partial charge in [-0.25, -0.2) is 0 Å². The maximum atomic E-state index is 13.4. The highest BCUT2D eigenvalue weighted by molar-refractivity contribution is 6.74. The van der Waals surface area contributed by atoms with Gasteiger partial charge in [0.15, 0.2) is 5.78 Å². The number of aryl methyl sites for hydroxylation is 1. The summed E-state index contributed by atoms with van der Waals surface area (Å²) in [6.07, 6.45) is 6.99. The molecular weight excluding hydrogens is 414 g/mol. The molecule has 1 N–H and O–H groups in total. The number of hydrogen-bond acceptors (Lipinski definition) is 4. The molecule has 0 bridgehead atoms. The Kier molecular flexibility index (Phi) is 5.66. The number of carbonyl (C=O) groups is 1. The van der Waals surface area contributed by atoms with Gasteiger partial charge in [0.25, 0.3) is 0 Å². The Bertz CT molecular complexity index is 1010. The third-order valence-electron chi connectivity index (χ3n) is 8.60. The highest BCUT2D eigenvalue weighted by Gasteiger charge is 2.55. The summed E-state index contributed by atoms with van der Waals surface area (Å²) in [5.41, 5.74) is 1.64. The molecule has 3 unspecified atom stereocenters. The van der Waals surface area contributed by atoms with Crippen LogP contribution in [0.2, 0.25) is 18.1 Å². The molecule has 0 radical (unpaired) electrons. The summed E-state index contributed by atoms with van der Waals surface area (Å²) in [4.78, 5) is 17.5. The number of fused-ring (bicyclic) bond motifs is 3. The predicted octanol–water partition coefficient (Wildman–Crippen LogP) is 5.93. The molecule has 1 aromatic heterocycles. The number of benzene rings is 1. The van der Waals surface area contributed by atoms with Crippen LogP contribution < -0.4 is 4.43 Å². The van der Waals surface area contributed by atoms with Crippen LogP contribution in [0, 0.1) is 5.92 Å². The van der Waals surface area contributed by atoms with Crippen LogP contribution in [0.15, 0.2) is 42.7 Å². The second kappa shape index (κ2) is 7.81. The Balaban J connectivity index is 1.68. The van der Waals surface area contributed by atoms with Crippen molar-refractivity contribution >= 4 is 14.1 Å². The lowest BCUT2D eigenvalue weighted by atomic mass is 9.52. The molecule has 1 fully saturated rings. The van der Waals surface area contributed by atoms with Crippen molar-refractivity contribution in [2.75, 3.05) is 0 Å². The molecular formula is C27H37NO3Si. The van der Waals surface area contributed by atoms with E-state index in [1.54, 1.807) is 24.5 Å².